The van der Waals surface area contributed by atoms with Crippen molar-refractivity contribution in [3.05, 3.63) is 40.4 Å². The van der Waals surface area contributed by atoms with Crippen LogP contribution < -0.4 is 19.9 Å². The lowest BCUT2D eigenvalue weighted by Gasteiger charge is -2.03. The fraction of sp³-hybridized carbons (Fsp3) is 0.133. The Balaban J connectivity index is 0.000000177. The number of nitrogen functional groups attached to an aromatic ring is 1. The molecule has 0 aliphatic carbocycles. The van der Waals surface area contributed by atoms with Gasteiger partial charge in [-0.2, -0.15) is 0 Å². The third kappa shape index (κ3) is 4.21. The number of nitrogens with zero attached hydrogens (tertiary/aromatic N) is 1. The summed E-state index contributed by atoms with van der Waals surface area (Å²) in [5.41, 5.74) is 5.95. The van der Waals surface area contributed by atoms with Crippen molar-refractivity contribution < 1.29 is 27.5 Å². The van der Waals surface area contributed by atoms with Crippen LogP contribution >= 0.6 is 22.9 Å². The SMILES string of the molecule is Cc1noc(NS(=O)(=O)c2ccsc2N)c1Cl.Oc1ccc2c(c1)OCO2. The van der Waals surface area contributed by atoms with E-state index in [2.05, 4.69) is 9.88 Å². The summed E-state index contributed by atoms with van der Waals surface area (Å²) in [4.78, 5) is -0.00683. The van der Waals surface area contributed by atoms with Gasteiger partial charge in [0, 0.05) is 6.07 Å². The third-order valence-electron chi connectivity index (χ3n) is 3.32. The van der Waals surface area contributed by atoms with Crippen molar-refractivity contribution in [2.75, 3.05) is 17.2 Å². The summed E-state index contributed by atoms with van der Waals surface area (Å²) in [6, 6.07) is 6.17. The third-order valence-corrected chi connectivity index (χ3v) is 6.03. The lowest BCUT2D eigenvalue weighted by Crippen LogP contribution is -2.13. The van der Waals surface area contributed by atoms with Crippen LogP contribution in [0.25, 0.3) is 0 Å². The van der Waals surface area contributed by atoms with E-state index in [1.54, 1.807) is 24.4 Å². The number of sulfonamides is 1. The Morgan fingerprint density at radius 3 is 2.67 bits per heavy atom. The van der Waals surface area contributed by atoms with Gasteiger partial charge in [-0.25, -0.2) is 13.1 Å². The number of rotatable bonds is 3. The van der Waals surface area contributed by atoms with Crippen LogP contribution in [-0.4, -0.2) is 25.5 Å². The van der Waals surface area contributed by atoms with Crippen molar-refractivity contribution in [3.63, 3.8) is 0 Å². The van der Waals surface area contributed by atoms with Gasteiger partial charge in [-0.1, -0.05) is 16.8 Å². The number of halogens is 1. The van der Waals surface area contributed by atoms with Gasteiger partial charge in [-0.05, 0) is 30.5 Å². The van der Waals surface area contributed by atoms with E-state index in [-0.39, 0.29) is 33.3 Å². The van der Waals surface area contributed by atoms with E-state index in [4.69, 9.17) is 36.4 Å². The van der Waals surface area contributed by atoms with Gasteiger partial charge in [0.1, 0.15) is 26.4 Å². The summed E-state index contributed by atoms with van der Waals surface area (Å²) in [7, 11) is -3.79. The Morgan fingerprint density at radius 2 is 2.04 bits per heavy atom. The second-order valence-corrected chi connectivity index (χ2v) is 8.18. The molecule has 0 radical (unpaired) electrons. The van der Waals surface area contributed by atoms with E-state index >= 15 is 0 Å². The van der Waals surface area contributed by atoms with Gasteiger partial charge in [-0.15, -0.1) is 11.3 Å². The molecule has 144 valence electrons. The standard InChI is InChI=1S/C8H8ClN3O3S2.C7H6O3/c1-4-6(9)8(15-11-4)12-17(13,14)5-2-3-16-7(5)10;8-5-1-2-6-7(3-5)10-4-9-6/h2-3,12H,10H2,1H3;1-3,8H,4H2. The Kier molecular flexibility index (Phi) is 5.35. The molecular formula is C15H14ClN3O6S2. The second kappa shape index (κ2) is 7.55. The molecule has 0 saturated carbocycles. The average molecular weight is 432 g/mol. The summed E-state index contributed by atoms with van der Waals surface area (Å²) < 4.78 is 40.8. The van der Waals surface area contributed by atoms with E-state index in [1.165, 1.54) is 12.1 Å². The van der Waals surface area contributed by atoms with E-state index < -0.39 is 10.0 Å². The molecule has 4 N–H and O–H groups in total. The van der Waals surface area contributed by atoms with Crippen molar-refractivity contribution in [2.24, 2.45) is 0 Å². The number of nitrogens with one attached hydrogen (secondary N) is 1. The second-order valence-electron chi connectivity index (χ2n) is 5.20. The maximum absolute atomic E-state index is 11.9. The first kappa shape index (κ1) is 19.1. The van der Waals surface area contributed by atoms with Crippen LogP contribution in [0.2, 0.25) is 5.02 Å². The summed E-state index contributed by atoms with van der Waals surface area (Å²) >= 11 is 6.93. The molecule has 0 amide bonds. The van der Waals surface area contributed by atoms with Gasteiger partial charge >= 0.3 is 0 Å². The lowest BCUT2D eigenvalue weighted by molar-refractivity contribution is 0.174. The number of thiophene rings is 1. The Hall–Kier alpha value is -2.63. The van der Waals surface area contributed by atoms with Crippen LogP contribution in [0.3, 0.4) is 0 Å². The summed E-state index contributed by atoms with van der Waals surface area (Å²) in [5, 5.41) is 14.4. The quantitative estimate of drug-likeness (QED) is 0.574. The highest BCUT2D eigenvalue weighted by atomic mass is 35.5. The molecule has 0 atom stereocenters. The number of hydrogen-bond acceptors (Lipinski definition) is 9. The zero-order chi connectivity index (χ0) is 19.6. The molecule has 0 fully saturated rings. The maximum Gasteiger partial charge on any atom is 0.267 e. The molecule has 9 nitrogen and oxygen atoms in total. The minimum absolute atomic E-state index is 0.00683. The van der Waals surface area contributed by atoms with Gasteiger partial charge in [0.05, 0.1) is 0 Å². The van der Waals surface area contributed by atoms with Crippen LogP contribution in [0.4, 0.5) is 10.9 Å². The van der Waals surface area contributed by atoms with Gasteiger partial charge in [0.15, 0.2) is 11.5 Å². The first-order valence-corrected chi connectivity index (χ1v) is 10.1. The predicted molar refractivity (Wildman–Crippen MR) is 100 cm³/mol. The van der Waals surface area contributed by atoms with Crippen molar-refractivity contribution >= 4 is 43.8 Å². The molecule has 2 aromatic heterocycles. The number of aromatic hydroxyl groups is 1. The molecule has 0 spiro atoms. The van der Waals surface area contributed by atoms with Crippen molar-refractivity contribution in [1.29, 1.82) is 0 Å². The molecule has 3 aromatic rings. The fourth-order valence-electron chi connectivity index (χ4n) is 2.02. The summed E-state index contributed by atoms with van der Waals surface area (Å²) in [5.74, 6) is 1.39. The maximum atomic E-state index is 11.9. The van der Waals surface area contributed by atoms with Gasteiger partial charge in [-0.3, -0.25) is 0 Å². The molecule has 3 heterocycles. The minimum Gasteiger partial charge on any atom is -0.508 e. The molecule has 0 saturated heterocycles. The number of fused-ring (bicyclic) bond motifs is 1. The summed E-state index contributed by atoms with van der Waals surface area (Å²) in [6.45, 7) is 1.85. The number of nitrogens with two attached hydrogens (primary N) is 1. The monoisotopic (exact) mass is 431 g/mol. The smallest absolute Gasteiger partial charge is 0.267 e. The highest BCUT2D eigenvalue weighted by Crippen LogP contribution is 2.34. The molecule has 0 unspecified atom stereocenters. The summed E-state index contributed by atoms with van der Waals surface area (Å²) in [6.07, 6.45) is 0. The number of benzene rings is 1. The zero-order valence-electron chi connectivity index (χ0n) is 13.8. The van der Waals surface area contributed by atoms with E-state index in [1.807, 2.05) is 0 Å². The van der Waals surface area contributed by atoms with Crippen molar-refractivity contribution in [2.45, 2.75) is 11.8 Å². The molecule has 1 aromatic carbocycles. The van der Waals surface area contributed by atoms with Crippen LogP contribution in [0.15, 0.2) is 39.1 Å². The van der Waals surface area contributed by atoms with E-state index in [0.717, 1.165) is 11.3 Å². The highest BCUT2D eigenvalue weighted by Gasteiger charge is 2.22. The van der Waals surface area contributed by atoms with Gasteiger partial charge < -0.3 is 24.8 Å². The first-order valence-electron chi connectivity index (χ1n) is 7.34. The highest BCUT2D eigenvalue weighted by molar-refractivity contribution is 7.93. The minimum atomic E-state index is -3.79. The zero-order valence-corrected chi connectivity index (χ0v) is 16.2. The van der Waals surface area contributed by atoms with Crippen LogP contribution in [0, 0.1) is 6.92 Å². The average Bonchev–Trinajstić information content (AvgIpc) is 3.32. The van der Waals surface area contributed by atoms with Crippen LogP contribution in [0.5, 0.6) is 17.2 Å². The topological polar surface area (TPSA) is 137 Å². The number of aromatic nitrogens is 1. The molecular weight excluding hydrogens is 418 g/mol. The Labute approximate surface area is 163 Å². The van der Waals surface area contributed by atoms with E-state index in [9.17, 15) is 8.42 Å². The number of phenolic OH excluding ortho intramolecular Hbond substituents is 1. The fourth-order valence-corrected chi connectivity index (χ4v) is 4.29. The molecule has 1 aliphatic heterocycles. The lowest BCUT2D eigenvalue weighted by atomic mass is 10.3. The first-order chi connectivity index (χ1) is 12.8. The van der Waals surface area contributed by atoms with E-state index in [0.29, 0.717) is 17.2 Å². The number of hydrogen-bond donors (Lipinski definition) is 3. The van der Waals surface area contributed by atoms with Crippen LogP contribution in [-0.2, 0) is 10.0 Å². The number of phenols is 1. The number of anilines is 2. The van der Waals surface area contributed by atoms with Crippen molar-refractivity contribution in [1.82, 2.24) is 5.16 Å². The Bertz CT molecular complexity index is 1060. The number of aryl methyl sites for hydroxylation is 1. The molecule has 27 heavy (non-hydrogen) atoms. The molecule has 12 heteroatoms. The molecule has 0 bridgehead atoms. The van der Waals surface area contributed by atoms with Crippen LogP contribution in [0.1, 0.15) is 5.69 Å². The van der Waals surface area contributed by atoms with Gasteiger partial charge in [0.2, 0.25) is 6.79 Å². The molecule has 1 aliphatic rings. The number of ether oxygens (including phenoxy) is 2. The predicted octanol–water partition coefficient (Wildman–Crippen LogP) is 3.20. The molecule has 4 rings (SSSR count). The van der Waals surface area contributed by atoms with Crippen molar-refractivity contribution in [3.8, 4) is 17.2 Å². The Morgan fingerprint density at radius 1 is 1.30 bits per heavy atom. The normalized spacial score (nSPS) is 12.4. The largest absolute Gasteiger partial charge is 0.508 e. The van der Waals surface area contributed by atoms with Gasteiger partial charge in [0.25, 0.3) is 15.9 Å².